The number of unbranched alkanes of at least 4 members (excludes halogenated alkanes) is 1. The van der Waals surface area contributed by atoms with Crippen molar-refractivity contribution in [2.24, 2.45) is 0 Å². The maximum atomic E-state index is 8.43. The average Bonchev–Trinajstić information content (AvgIpc) is 2.42. The monoisotopic (exact) mass is 260 g/mol. The van der Waals surface area contributed by atoms with E-state index in [-0.39, 0.29) is 0 Å². The highest BCUT2D eigenvalue weighted by Gasteiger charge is 2.04. The van der Waals surface area contributed by atoms with E-state index >= 15 is 0 Å². The average molecular weight is 260 g/mol. The van der Waals surface area contributed by atoms with Gasteiger partial charge in [0, 0.05) is 12.5 Å². The highest BCUT2D eigenvalue weighted by molar-refractivity contribution is 5.27. The van der Waals surface area contributed by atoms with Crippen LogP contribution in [-0.4, -0.2) is 31.6 Å². The Labute approximate surface area is 116 Å². The molecule has 0 N–H and O–H groups in total. The first-order valence-electron chi connectivity index (χ1n) is 6.88. The maximum Gasteiger partial charge on any atom is 0.119 e. The Hall–Kier alpha value is -1.53. The van der Waals surface area contributed by atoms with E-state index in [0.717, 1.165) is 25.0 Å². The van der Waals surface area contributed by atoms with Crippen LogP contribution < -0.4 is 4.74 Å². The van der Waals surface area contributed by atoms with Crippen LogP contribution in [0.3, 0.4) is 0 Å². The van der Waals surface area contributed by atoms with Gasteiger partial charge in [-0.1, -0.05) is 12.1 Å². The van der Waals surface area contributed by atoms with E-state index in [1.54, 1.807) is 0 Å². The lowest BCUT2D eigenvalue weighted by Gasteiger charge is -2.19. The molecule has 1 rings (SSSR count). The molecular formula is C16H24N2O. The van der Waals surface area contributed by atoms with Gasteiger partial charge in [0.25, 0.3) is 0 Å². The first kappa shape index (κ1) is 15.5. The van der Waals surface area contributed by atoms with Crippen LogP contribution in [0.4, 0.5) is 0 Å². The van der Waals surface area contributed by atoms with Crippen molar-refractivity contribution in [1.29, 1.82) is 5.26 Å². The van der Waals surface area contributed by atoms with Crippen LogP contribution in [0.15, 0.2) is 24.3 Å². The molecule has 0 radical (unpaired) electrons. The van der Waals surface area contributed by atoms with Gasteiger partial charge in [0.1, 0.15) is 5.75 Å². The molecule has 1 aromatic rings. The molecule has 104 valence electrons. The predicted molar refractivity (Wildman–Crippen MR) is 78.3 cm³/mol. The van der Waals surface area contributed by atoms with Gasteiger partial charge in [-0.05, 0) is 58.0 Å². The van der Waals surface area contributed by atoms with Crippen LogP contribution in [0.25, 0.3) is 0 Å². The van der Waals surface area contributed by atoms with Crippen molar-refractivity contribution in [2.75, 3.05) is 20.7 Å². The predicted octanol–water partition coefficient (Wildman–Crippen LogP) is 3.25. The Balaban J connectivity index is 2.33. The summed E-state index contributed by atoms with van der Waals surface area (Å²) in [7, 11) is 4.23. The van der Waals surface area contributed by atoms with Crippen molar-refractivity contribution in [2.45, 2.75) is 38.6 Å². The van der Waals surface area contributed by atoms with Crippen molar-refractivity contribution < 1.29 is 4.74 Å². The molecule has 1 unspecified atom stereocenters. The molecule has 3 heteroatoms. The summed E-state index contributed by atoms with van der Waals surface area (Å²) >= 11 is 0. The van der Waals surface area contributed by atoms with Crippen LogP contribution >= 0.6 is 0 Å². The van der Waals surface area contributed by atoms with Crippen LogP contribution in [0.5, 0.6) is 5.75 Å². The molecule has 1 atom stereocenters. The number of aryl methyl sites for hydroxylation is 1. The first-order chi connectivity index (χ1) is 9.13. The van der Waals surface area contributed by atoms with Crippen LogP contribution in [0.1, 0.15) is 31.7 Å². The van der Waals surface area contributed by atoms with E-state index in [4.69, 9.17) is 10.00 Å². The van der Waals surface area contributed by atoms with Crippen LogP contribution in [0, 0.1) is 11.3 Å². The molecule has 0 spiro atoms. The fraction of sp³-hybridized carbons (Fsp3) is 0.562. The molecule has 0 aliphatic carbocycles. The van der Waals surface area contributed by atoms with Gasteiger partial charge in [-0.15, -0.1) is 0 Å². The van der Waals surface area contributed by atoms with E-state index < -0.39 is 0 Å². The second-order valence-corrected chi connectivity index (χ2v) is 5.11. The molecule has 0 bridgehead atoms. The molecule has 0 saturated carbocycles. The second-order valence-electron chi connectivity index (χ2n) is 5.11. The lowest BCUT2D eigenvalue weighted by atomic mass is 10.1. The quantitative estimate of drug-likeness (QED) is 0.673. The van der Waals surface area contributed by atoms with E-state index in [1.807, 2.05) is 12.1 Å². The standard InChI is InChI=1S/C16H24N2O/c1-14(18(2)3)6-7-15-8-10-16(11-9-15)19-13-5-4-12-17/h8-11,14H,4-7,13H2,1-3H3. The Morgan fingerprint density at radius 2 is 1.95 bits per heavy atom. The van der Waals surface area contributed by atoms with E-state index in [0.29, 0.717) is 19.1 Å². The molecule has 0 aliphatic heterocycles. The topological polar surface area (TPSA) is 36.3 Å². The third kappa shape index (κ3) is 6.26. The van der Waals surface area contributed by atoms with Gasteiger partial charge >= 0.3 is 0 Å². The van der Waals surface area contributed by atoms with Gasteiger partial charge < -0.3 is 9.64 Å². The summed E-state index contributed by atoms with van der Waals surface area (Å²) in [4.78, 5) is 2.24. The second kappa shape index (κ2) is 8.55. The Morgan fingerprint density at radius 3 is 2.53 bits per heavy atom. The molecule has 0 aromatic heterocycles. The summed E-state index contributed by atoms with van der Waals surface area (Å²) < 4.78 is 5.57. The summed E-state index contributed by atoms with van der Waals surface area (Å²) in [6.45, 7) is 2.86. The Morgan fingerprint density at radius 1 is 1.26 bits per heavy atom. The molecule has 0 fully saturated rings. The number of hydrogen-bond acceptors (Lipinski definition) is 3. The Bertz CT molecular complexity index is 392. The zero-order valence-corrected chi connectivity index (χ0v) is 12.2. The third-order valence-corrected chi connectivity index (χ3v) is 3.36. The number of nitriles is 1. The van der Waals surface area contributed by atoms with Crippen molar-refractivity contribution in [3.8, 4) is 11.8 Å². The largest absolute Gasteiger partial charge is 0.494 e. The zero-order chi connectivity index (χ0) is 14.1. The zero-order valence-electron chi connectivity index (χ0n) is 12.2. The third-order valence-electron chi connectivity index (χ3n) is 3.36. The fourth-order valence-electron chi connectivity index (χ4n) is 1.73. The van der Waals surface area contributed by atoms with Gasteiger partial charge in [-0.25, -0.2) is 0 Å². The smallest absolute Gasteiger partial charge is 0.119 e. The van der Waals surface area contributed by atoms with Gasteiger partial charge in [0.05, 0.1) is 12.7 Å². The summed E-state index contributed by atoms with van der Waals surface area (Å²) in [5.74, 6) is 0.891. The molecular weight excluding hydrogens is 236 g/mol. The van der Waals surface area contributed by atoms with Gasteiger partial charge in [-0.2, -0.15) is 5.26 Å². The van der Waals surface area contributed by atoms with Crippen molar-refractivity contribution in [3.63, 3.8) is 0 Å². The number of hydrogen-bond donors (Lipinski definition) is 0. The van der Waals surface area contributed by atoms with Gasteiger partial charge in [0.15, 0.2) is 0 Å². The van der Waals surface area contributed by atoms with Crippen molar-refractivity contribution in [3.05, 3.63) is 29.8 Å². The normalized spacial score (nSPS) is 12.2. The van der Waals surface area contributed by atoms with Crippen LogP contribution in [-0.2, 0) is 6.42 Å². The molecule has 0 aliphatic rings. The van der Waals surface area contributed by atoms with Gasteiger partial charge in [-0.3, -0.25) is 0 Å². The van der Waals surface area contributed by atoms with Gasteiger partial charge in [0.2, 0.25) is 0 Å². The van der Waals surface area contributed by atoms with E-state index in [9.17, 15) is 0 Å². The maximum absolute atomic E-state index is 8.43. The number of rotatable bonds is 8. The minimum absolute atomic E-state index is 0.556. The SMILES string of the molecule is CC(CCc1ccc(OCCCC#N)cc1)N(C)C. The fourth-order valence-corrected chi connectivity index (χ4v) is 1.73. The van der Waals surface area contributed by atoms with Crippen molar-refractivity contribution >= 4 is 0 Å². The number of nitrogens with zero attached hydrogens (tertiary/aromatic N) is 2. The lowest BCUT2D eigenvalue weighted by Crippen LogP contribution is -2.24. The highest BCUT2D eigenvalue weighted by Crippen LogP contribution is 2.15. The summed E-state index contributed by atoms with van der Waals surface area (Å²) in [5.41, 5.74) is 1.35. The number of benzene rings is 1. The minimum atomic E-state index is 0.556. The molecule has 0 heterocycles. The van der Waals surface area contributed by atoms with Crippen LogP contribution in [0.2, 0.25) is 0 Å². The van der Waals surface area contributed by atoms with E-state index in [2.05, 4.69) is 44.1 Å². The summed E-state index contributed by atoms with van der Waals surface area (Å²) in [6.07, 6.45) is 3.60. The first-order valence-corrected chi connectivity index (χ1v) is 6.88. The molecule has 0 amide bonds. The molecule has 3 nitrogen and oxygen atoms in total. The van der Waals surface area contributed by atoms with Crippen molar-refractivity contribution in [1.82, 2.24) is 4.90 Å². The molecule has 0 saturated heterocycles. The molecule has 1 aromatic carbocycles. The summed E-state index contributed by atoms with van der Waals surface area (Å²) in [6, 6.07) is 11.0. The lowest BCUT2D eigenvalue weighted by molar-refractivity contribution is 0.299. The number of ether oxygens (including phenoxy) is 1. The Kier molecular flexibility index (Phi) is 6.99. The minimum Gasteiger partial charge on any atom is -0.494 e. The summed E-state index contributed by atoms with van der Waals surface area (Å²) in [5, 5.41) is 8.43. The molecule has 19 heavy (non-hydrogen) atoms. The highest BCUT2D eigenvalue weighted by atomic mass is 16.5. The van der Waals surface area contributed by atoms with E-state index in [1.165, 1.54) is 5.56 Å².